The fraction of sp³-hybridized carbons (Fsp3) is 0.267. The number of fused-ring (bicyclic) bond motifs is 1. The van der Waals surface area contributed by atoms with Gasteiger partial charge in [-0.05, 0) is 0 Å². The van der Waals surface area contributed by atoms with Crippen molar-refractivity contribution >= 4 is 22.9 Å². The van der Waals surface area contributed by atoms with E-state index < -0.39 is 0 Å². The fourth-order valence-electron chi connectivity index (χ4n) is 2.33. The van der Waals surface area contributed by atoms with E-state index in [1.165, 1.54) is 0 Å². The molecule has 3 rings (SSSR count). The van der Waals surface area contributed by atoms with Gasteiger partial charge in [0.15, 0.2) is 5.58 Å². The summed E-state index contributed by atoms with van der Waals surface area (Å²) in [5, 5.41) is 5.34. The molecule has 23 heavy (non-hydrogen) atoms. The van der Waals surface area contributed by atoms with Crippen LogP contribution in [0.1, 0.15) is 10.5 Å². The molecule has 0 bridgehead atoms. The number of carbonyl (C=O) groups is 2. The van der Waals surface area contributed by atoms with Crippen LogP contribution in [0.3, 0.4) is 0 Å². The molecule has 2 N–H and O–H groups in total. The number of nitrogens with zero attached hydrogens (tertiary/aromatic N) is 3. The van der Waals surface area contributed by atoms with Gasteiger partial charge in [0.05, 0.1) is 24.7 Å². The zero-order chi connectivity index (χ0) is 16.2. The second-order valence-corrected chi connectivity index (χ2v) is 5.09. The molecule has 3 heterocycles. The van der Waals surface area contributed by atoms with Crippen molar-refractivity contribution in [3.63, 3.8) is 0 Å². The van der Waals surface area contributed by atoms with Crippen LogP contribution in [0.5, 0.6) is 0 Å². The second kappa shape index (κ2) is 6.39. The Balaban J connectivity index is 1.47. The molecule has 0 fully saturated rings. The van der Waals surface area contributed by atoms with E-state index >= 15 is 0 Å². The number of rotatable bonds is 6. The van der Waals surface area contributed by atoms with Crippen molar-refractivity contribution in [2.45, 2.75) is 6.54 Å². The van der Waals surface area contributed by atoms with E-state index in [0.29, 0.717) is 24.4 Å². The van der Waals surface area contributed by atoms with Gasteiger partial charge in [0, 0.05) is 44.7 Å². The molecular weight excluding hydrogens is 298 g/mol. The summed E-state index contributed by atoms with van der Waals surface area (Å²) in [5.41, 5.74) is 1.92. The van der Waals surface area contributed by atoms with E-state index in [-0.39, 0.29) is 18.4 Å². The minimum absolute atomic E-state index is 0.0741. The molecule has 0 aromatic carbocycles. The van der Waals surface area contributed by atoms with Gasteiger partial charge < -0.3 is 24.2 Å². The van der Waals surface area contributed by atoms with Crippen LogP contribution in [0.2, 0.25) is 0 Å². The van der Waals surface area contributed by atoms with E-state index in [1.54, 1.807) is 42.5 Å². The standard InChI is InChI=1S/C15H17N5O3/c1-19-11-2-7-23-13(11)8-12(19)15(22)18-9-14(21)17-4-6-20-5-3-16-10-20/h2-3,5,7-8,10H,4,6,9H2,1H3,(H,17,21)(H,18,22). The van der Waals surface area contributed by atoms with Crippen molar-refractivity contribution in [2.75, 3.05) is 13.1 Å². The van der Waals surface area contributed by atoms with Crippen molar-refractivity contribution < 1.29 is 14.0 Å². The Labute approximate surface area is 132 Å². The predicted molar refractivity (Wildman–Crippen MR) is 82.8 cm³/mol. The molecule has 0 radical (unpaired) electrons. The Morgan fingerprint density at radius 1 is 1.35 bits per heavy atom. The monoisotopic (exact) mass is 315 g/mol. The number of aryl methyl sites for hydroxylation is 1. The number of carbonyl (C=O) groups excluding carboxylic acids is 2. The Hall–Kier alpha value is -3.03. The first kappa shape index (κ1) is 14.9. The number of hydrogen-bond acceptors (Lipinski definition) is 4. The lowest BCUT2D eigenvalue weighted by Gasteiger charge is -2.08. The average molecular weight is 315 g/mol. The fourth-order valence-corrected chi connectivity index (χ4v) is 2.33. The molecule has 0 aliphatic heterocycles. The molecule has 8 heteroatoms. The molecule has 0 spiro atoms. The highest BCUT2D eigenvalue weighted by Crippen LogP contribution is 2.19. The van der Waals surface area contributed by atoms with E-state index in [1.807, 2.05) is 10.8 Å². The third kappa shape index (κ3) is 3.25. The first-order valence-electron chi connectivity index (χ1n) is 7.18. The van der Waals surface area contributed by atoms with Crippen LogP contribution >= 0.6 is 0 Å². The lowest BCUT2D eigenvalue weighted by Crippen LogP contribution is -2.38. The quantitative estimate of drug-likeness (QED) is 0.693. The number of aromatic nitrogens is 3. The van der Waals surface area contributed by atoms with Gasteiger partial charge in [0.1, 0.15) is 5.69 Å². The van der Waals surface area contributed by atoms with Crippen molar-refractivity contribution in [1.82, 2.24) is 24.8 Å². The van der Waals surface area contributed by atoms with Gasteiger partial charge in [-0.15, -0.1) is 0 Å². The van der Waals surface area contributed by atoms with Crippen molar-refractivity contribution in [1.29, 1.82) is 0 Å². The SMILES string of the molecule is Cn1c(C(=O)NCC(=O)NCCn2ccnc2)cc2occc21. The Morgan fingerprint density at radius 3 is 2.96 bits per heavy atom. The van der Waals surface area contributed by atoms with Gasteiger partial charge in [-0.3, -0.25) is 9.59 Å². The topological polar surface area (TPSA) is 94.1 Å². The molecule has 0 saturated carbocycles. The number of hydrogen-bond donors (Lipinski definition) is 2. The van der Waals surface area contributed by atoms with Gasteiger partial charge >= 0.3 is 0 Å². The van der Waals surface area contributed by atoms with Gasteiger partial charge in [0.25, 0.3) is 5.91 Å². The molecule has 3 aromatic heterocycles. The first-order valence-corrected chi connectivity index (χ1v) is 7.18. The van der Waals surface area contributed by atoms with Crippen molar-refractivity contribution in [2.24, 2.45) is 7.05 Å². The van der Waals surface area contributed by atoms with E-state index in [0.717, 1.165) is 5.52 Å². The summed E-state index contributed by atoms with van der Waals surface area (Å²) in [6.45, 7) is 1.03. The maximum Gasteiger partial charge on any atom is 0.268 e. The summed E-state index contributed by atoms with van der Waals surface area (Å²) < 4.78 is 8.84. The molecule has 2 amide bonds. The minimum atomic E-state index is -0.316. The molecular formula is C15H17N5O3. The third-order valence-electron chi connectivity index (χ3n) is 3.56. The summed E-state index contributed by atoms with van der Waals surface area (Å²) in [4.78, 5) is 27.8. The molecule has 8 nitrogen and oxygen atoms in total. The smallest absolute Gasteiger partial charge is 0.268 e. The number of furan rings is 1. The van der Waals surface area contributed by atoms with Crippen LogP contribution < -0.4 is 10.6 Å². The lowest BCUT2D eigenvalue weighted by molar-refractivity contribution is -0.120. The Kier molecular flexibility index (Phi) is 4.13. The zero-order valence-corrected chi connectivity index (χ0v) is 12.7. The largest absolute Gasteiger partial charge is 0.463 e. The first-order chi connectivity index (χ1) is 11.1. The summed E-state index contributed by atoms with van der Waals surface area (Å²) in [7, 11) is 1.78. The van der Waals surface area contributed by atoms with Gasteiger partial charge in [-0.25, -0.2) is 4.98 Å². The third-order valence-corrected chi connectivity index (χ3v) is 3.56. The number of imidazole rings is 1. The van der Waals surface area contributed by atoms with E-state index in [2.05, 4.69) is 15.6 Å². The molecule has 120 valence electrons. The minimum Gasteiger partial charge on any atom is -0.463 e. The maximum absolute atomic E-state index is 12.1. The number of nitrogens with one attached hydrogen (secondary N) is 2. The lowest BCUT2D eigenvalue weighted by atomic mass is 10.4. The summed E-state index contributed by atoms with van der Waals surface area (Å²) >= 11 is 0. The average Bonchev–Trinajstić information content (AvgIpc) is 3.24. The summed E-state index contributed by atoms with van der Waals surface area (Å²) in [5.74, 6) is -0.556. The van der Waals surface area contributed by atoms with Gasteiger partial charge in [0.2, 0.25) is 5.91 Å². The maximum atomic E-state index is 12.1. The van der Waals surface area contributed by atoms with Crippen LogP contribution in [-0.2, 0) is 18.4 Å². The van der Waals surface area contributed by atoms with Crippen molar-refractivity contribution in [3.8, 4) is 0 Å². The van der Waals surface area contributed by atoms with Crippen molar-refractivity contribution in [3.05, 3.63) is 42.8 Å². The molecule has 0 aliphatic carbocycles. The van der Waals surface area contributed by atoms with Crippen LogP contribution in [0.25, 0.3) is 11.1 Å². The predicted octanol–water partition coefficient (Wildman–Crippen LogP) is 0.514. The zero-order valence-electron chi connectivity index (χ0n) is 12.7. The van der Waals surface area contributed by atoms with Crippen LogP contribution in [-0.4, -0.2) is 39.0 Å². The van der Waals surface area contributed by atoms with E-state index in [4.69, 9.17) is 4.42 Å². The van der Waals surface area contributed by atoms with Crippen LogP contribution in [0.4, 0.5) is 0 Å². The molecule has 0 atom stereocenters. The van der Waals surface area contributed by atoms with Gasteiger partial charge in [-0.2, -0.15) is 0 Å². The van der Waals surface area contributed by atoms with Crippen LogP contribution in [0.15, 0.2) is 41.5 Å². The van der Waals surface area contributed by atoms with Gasteiger partial charge in [-0.1, -0.05) is 0 Å². The van der Waals surface area contributed by atoms with Crippen LogP contribution in [0, 0.1) is 0 Å². The second-order valence-electron chi connectivity index (χ2n) is 5.09. The highest BCUT2D eigenvalue weighted by molar-refractivity contribution is 5.99. The molecule has 0 unspecified atom stereocenters. The highest BCUT2D eigenvalue weighted by Gasteiger charge is 2.15. The number of amides is 2. The Bertz CT molecular complexity index is 816. The van der Waals surface area contributed by atoms with E-state index in [9.17, 15) is 9.59 Å². The summed E-state index contributed by atoms with van der Waals surface area (Å²) in [6.07, 6.45) is 6.75. The molecule has 0 aliphatic rings. The normalized spacial score (nSPS) is 10.8. The Morgan fingerprint density at radius 2 is 2.22 bits per heavy atom. The highest BCUT2D eigenvalue weighted by atomic mass is 16.3. The molecule has 3 aromatic rings. The molecule has 0 saturated heterocycles. The summed E-state index contributed by atoms with van der Waals surface area (Å²) in [6, 6.07) is 3.44.